The van der Waals surface area contributed by atoms with Gasteiger partial charge in [0.15, 0.2) is 0 Å². The van der Waals surface area contributed by atoms with Crippen molar-refractivity contribution in [2.45, 2.75) is 51.0 Å². The molecule has 2 aliphatic rings. The van der Waals surface area contributed by atoms with Gasteiger partial charge in [0, 0.05) is 13.1 Å². The summed E-state index contributed by atoms with van der Waals surface area (Å²) in [6.45, 7) is 1.87. The van der Waals surface area contributed by atoms with Crippen LogP contribution in [0.2, 0.25) is 0 Å². The second-order valence-corrected chi connectivity index (χ2v) is 5.01. The molecule has 1 aliphatic heterocycles. The molecular weight excluding hydrogens is 188 g/mol. The van der Waals surface area contributed by atoms with Crippen LogP contribution in [-0.2, 0) is 4.79 Å². The molecule has 0 radical (unpaired) electrons. The van der Waals surface area contributed by atoms with Crippen LogP contribution in [0.4, 0.5) is 0 Å². The summed E-state index contributed by atoms with van der Waals surface area (Å²) in [6.07, 6.45) is 8.66. The van der Waals surface area contributed by atoms with E-state index in [1.807, 2.05) is 4.90 Å². The zero-order chi connectivity index (χ0) is 10.7. The summed E-state index contributed by atoms with van der Waals surface area (Å²) in [5.74, 6) is 1.05. The predicted octanol–water partition coefficient (Wildman–Crippen LogP) is 1.52. The Morgan fingerprint density at radius 3 is 2.67 bits per heavy atom. The highest BCUT2D eigenvalue weighted by atomic mass is 16.2. The average molecular weight is 210 g/mol. The number of carbonyl (C=O) groups is 1. The van der Waals surface area contributed by atoms with Gasteiger partial charge in [-0.05, 0) is 25.2 Å². The molecule has 1 atom stereocenters. The molecule has 0 bridgehead atoms. The first-order chi connectivity index (χ1) is 7.27. The number of hydrogen-bond donors (Lipinski definition) is 1. The Balaban J connectivity index is 1.75. The van der Waals surface area contributed by atoms with E-state index in [0.29, 0.717) is 0 Å². The molecule has 0 spiro atoms. The van der Waals surface area contributed by atoms with Crippen molar-refractivity contribution in [3.8, 4) is 0 Å². The highest BCUT2D eigenvalue weighted by molar-refractivity contribution is 5.82. The predicted molar refractivity (Wildman–Crippen MR) is 60.4 cm³/mol. The third-order valence-electron chi connectivity index (χ3n) is 3.85. The van der Waals surface area contributed by atoms with Crippen LogP contribution in [0.3, 0.4) is 0 Å². The highest BCUT2D eigenvalue weighted by Crippen LogP contribution is 2.28. The van der Waals surface area contributed by atoms with Gasteiger partial charge in [-0.3, -0.25) is 4.79 Å². The van der Waals surface area contributed by atoms with E-state index in [9.17, 15) is 4.79 Å². The second-order valence-electron chi connectivity index (χ2n) is 5.01. The lowest BCUT2D eigenvalue weighted by Gasteiger charge is -2.31. The summed E-state index contributed by atoms with van der Waals surface area (Å²) < 4.78 is 0. The van der Waals surface area contributed by atoms with Gasteiger partial charge < -0.3 is 10.6 Å². The van der Waals surface area contributed by atoms with E-state index in [4.69, 9.17) is 5.73 Å². The van der Waals surface area contributed by atoms with Gasteiger partial charge in [0.25, 0.3) is 0 Å². The smallest absolute Gasteiger partial charge is 0.239 e. The van der Waals surface area contributed by atoms with Crippen molar-refractivity contribution in [3.05, 3.63) is 0 Å². The molecule has 2 fully saturated rings. The van der Waals surface area contributed by atoms with Crippen LogP contribution in [-0.4, -0.2) is 29.9 Å². The van der Waals surface area contributed by atoms with E-state index in [-0.39, 0.29) is 11.9 Å². The standard InChI is InChI=1S/C12H22N2O/c13-11-6-3-8-14(12(11)15)9-7-10-4-1-2-5-10/h10-11H,1-9,13H2. The van der Waals surface area contributed by atoms with Crippen LogP contribution in [0.25, 0.3) is 0 Å². The molecule has 2 rings (SSSR count). The fourth-order valence-electron chi connectivity index (χ4n) is 2.83. The molecule has 2 N–H and O–H groups in total. The van der Waals surface area contributed by atoms with Gasteiger partial charge in [-0.25, -0.2) is 0 Å². The minimum Gasteiger partial charge on any atom is -0.341 e. The van der Waals surface area contributed by atoms with Crippen molar-refractivity contribution in [2.75, 3.05) is 13.1 Å². The SMILES string of the molecule is NC1CCCN(CCC2CCCC2)C1=O. The lowest BCUT2D eigenvalue weighted by Crippen LogP contribution is -2.48. The van der Waals surface area contributed by atoms with E-state index < -0.39 is 0 Å². The molecule has 1 saturated heterocycles. The molecule has 86 valence electrons. The van der Waals surface area contributed by atoms with Crippen molar-refractivity contribution >= 4 is 5.91 Å². The maximum atomic E-state index is 11.7. The van der Waals surface area contributed by atoms with Crippen molar-refractivity contribution < 1.29 is 4.79 Å². The van der Waals surface area contributed by atoms with Gasteiger partial charge in [-0.1, -0.05) is 25.7 Å². The zero-order valence-electron chi connectivity index (χ0n) is 9.45. The monoisotopic (exact) mass is 210 g/mol. The summed E-state index contributed by atoms with van der Waals surface area (Å²) in [5, 5.41) is 0. The normalized spacial score (nSPS) is 28.7. The van der Waals surface area contributed by atoms with E-state index in [1.54, 1.807) is 0 Å². The summed E-state index contributed by atoms with van der Waals surface area (Å²) >= 11 is 0. The number of nitrogens with zero attached hydrogens (tertiary/aromatic N) is 1. The molecule has 1 aliphatic carbocycles. The molecule has 0 aromatic carbocycles. The van der Waals surface area contributed by atoms with Crippen molar-refractivity contribution in [1.82, 2.24) is 4.90 Å². The third-order valence-corrected chi connectivity index (χ3v) is 3.85. The lowest BCUT2D eigenvalue weighted by molar-refractivity contribution is -0.135. The van der Waals surface area contributed by atoms with Crippen LogP contribution >= 0.6 is 0 Å². The number of piperidine rings is 1. The number of likely N-dealkylation sites (tertiary alicyclic amines) is 1. The third kappa shape index (κ3) is 2.71. The number of carbonyl (C=O) groups excluding carboxylic acids is 1. The largest absolute Gasteiger partial charge is 0.341 e. The molecule has 3 heteroatoms. The molecule has 3 nitrogen and oxygen atoms in total. The van der Waals surface area contributed by atoms with Crippen LogP contribution in [0.1, 0.15) is 44.9 Å². The molecule has 0 aromatic rings. The van der Waals surface area contributed by atoms with Crippen LogP contribution in [0, 0.1) is 5.92 Å². The maximum absolute atomic E-state index is 11.7. The van der Waals surface area contributed by atoms with E-state index in [0.717, 1.165) is 31.8 Å². The van der Waals surface area contributed by atoms with Crippen molar-refractivity contribution in [1.29, 1.82) is 0 Å². The number of amides is 1. The number of rotatable bonds is 3. The average Bonchev–Trinajstić information content (AvgIpc) is 2.73. The molecule has 1 heterocycles. The lowest BCUT2D eigenvalue weighted by atomic mass is 10.0. The molecule has 0 aromatic heterocycles. The molecule has 1 saturated carbocycles. The Hall–Kier alpha value is -0.570. The van der Waals surface area contributed by atoms with Crippen molar-refractivity contribution in [3.63, 3.8) is 0 Å². The van der Waals surface area contributed by atoms with Gasteiger partial charge in [-0.2, -0.15) is 0 Å². The summed E-state index contributed by atoms with van der Waals surface area (Å²) in [7, 11) is 0. The molecular formula is C12H22N2O. The van der Waals surface area contributed by atoms with E-state index >= 15 is 0 Å². The summed E-state index contributed by atoms with van der Waals surface area (Å²) in [4.78, 5) is 13.7. The van der Waals surface area contributed by atoms with Gasteiger partial charge >= 0.3 is 0 Å². The molecule has 1 unspecified atom stereocenters. The first kappa shape index (κ1) is 10.9. The van der Waals surface area contributed by atoms with Crippen LogP contribution in [0.5, 0.6) is 0 Å². The Kier molecular flexibility index (Phi) is 3.62. The van der Waals surface area contributed by atoms with Crippen molar-refractivity contribution in [2.24, 2.45) is 11.7 Å². The van der Waals surface area contributed by atoms with Crippen LogP contribution < -0.4 is 5.73 Å². The number of nitrogens with two attached hydrogens (primary N) is 1. The van der Waals surface area contributed by atoms with Gasteiger partial charge in [0.2, 0.25) is 5.91 Å². The van der Waals surface area contributed by atoms with Gasteiger partial charge in [-0.15, -0.1) is 0 Å². The fourth-order valence-corrected chi connectivity index (χ4v) is 2.83. The molecule has 15 heavy (non-hydrogen) atoms. The Bertz CT molecular complexity index is 224. The Morgan fingerprint density at radius 2 is 1.93 bits per heavy atom. The Labute approximate surface area is 92.0 Å². The minimum absolute atomic E-state index is 0.180. The first-order valence-electron chi connectivity index (χ1n) is 6.32. The summed E-state index contributed by atoms with van der Waals surface area (Å²) in [5.41, 5.74) is 5.76. The number of hydrogen-bond acceptors (Lipinski definition) is 2. The topological polar surface area (TPSA) is 46.3 Å². The van der Waals surface area contributed by atoms with E-state index in [1.165, 1.54) is 32.1 Å². The minimum atomic E-state index is -0.220. The van der Waals surface area contributed by atoms with Gasteiger partial charge in [0.05, 0.1) is 6.04 Å². The Morgan fingerprint density at radius 1 is 1.20 bits per heavy atom. The first-order valence-corrected chi connectivity index (χ1v) is 6.32. The van der Waals surface area contributed by atoms with E-state index in [2.05, 4.69) is 0 Å². The zero-order valence-corrected chi connectivity index (χ0v) is 9.45. The quantitative estimate of drug-likeness (QED) is 0.767. The molecule has 1 amide bonds. The van der Waals surface area contributed by atoms with Crippen LogP contribution in [0.15, 0.2) is 0 Å². The summed E-state index contributed by atoms with van der Waals surface area (Å²) in [6, 6.07) is -0.220. The second kappa shape index (κ2) is 4.97. The van der Waals surface area contributed by atoms with Gasteiger partial charge in [0.1, 0.15) is 0 Å². The maximum Gasteiger partial charge on any atom is 0.239 e. The highest BCUT2D eigenvalue weighted by Gasteiger charge is 2.26. The fraction of sp³-hybridized carbons (Fsp3) is 0.917.